The van der Waals surface area contributed by atoms with Crippen LogP contribution in [0.25, 0.3) is 0 Å². The predicted octanol–water partition coefficient (Wildman–Crippen LogP) is 3.94. The predicted molar refractivity (Wildman–Crippen MR) is 107 cm³/mol. The summed E-state index contributed by atoms with van der Waals surface area (Å²) in [6.45, 7) is 3.35. The van der Waals surface area contributed by atoms with Crippen molar-refractivity contribution in [2.45, 2.75) is 32.4 Å². The quantitative estimate of drug-likeness (QED) is 0.728. The van der Waals surface area contributed by atoms with E-state index in [1.54, 1.807) is 32.4 Å². The van der Waals surface area contributed by atoms with Crippen LogP contribution in [0.1, 0.15) is 25.3 Å². The standard InChI is InChI=1S/C22H28N2O3/c1-16(18-9-10-18)24(14-17-7-5-4-6-8-17)15-22(25)23-19-11-20(26-2)13-21(12-19)27-3/h4-8,11-13,16,18H,9-10,14-15H2,1-3H3,(H,23,25). The molecule has 2 aromatic rings. The number of carbonyl (C=O) groups is 1. The van der Waals surface area contributed by atoms with E-state index in [4.69, 9.17) is 9.47 Å². The van der Waals surface area contributed by atoms with Gasteiger partial charge in [0.1, 0.15) is 11.5 Å². The molecule has 3 rings (SSSR count). The Bertz CT molecular complexity index is 737. The SMILES string of the molecule is COc1cc(NC(=O)CN(Cc2ccccc2)C(C)C2CC2)cc(OC)c1. The van der Waals surface area contributed by atoms with Gasteiger partial charge < -0.3 is 14.8 Å². The maximum absolute atomic E-state index is 12.7. The van der Waals surface area contributed by atoms with Gasteiger partial charge in [0, 0.05) is 36.5 Å². The lowest BCUT2D eigenvalue weighted by atomic mass is 10.1. The van der Waals surface area contributed by atoms with Crippen molar-refractivity contribution >= 4 is 11.6 Å². The van der Waals surface area contributed by atoms with E-state index < -0.39 is 0 Å². The van der Waals surface area contributed by atoms with Gasteiger partial charge in [-0.2, -0.15) is 0 Å². The summed E-state index contributed by atoms with van der Waals surface area (Å²) in [5, 5.41) is 2.98. The van der Waals surface area contributed by atoms with Gasteiger partial charge in [0.05, 0.1) is 20.8 Å². The molecule has 1 aliphatic rings. The number of hydrogen-bond donors (Lipinski definition) is 1. The molecule has 1 unspecified atom stereocenters. The van der Waals surface area contributed by atoms with Gasteiger partial charge in [-0.1, -0.05) is 30.3 Å². The van der Waals surface area contributed by atoms with Crippen molar-refractivity contribution in [1.82, 2.24) is 4.90 Å². The number of nitrogens with zero attached hydrogens (tertiary/aromatic N) is 1. The molecular weight excluding hydrogens is 340 g/mol. The second-order valence-electron chi connectivity index (χ2n) is 7.12. The first kappa shape index (κ1) is 19.2. The second-order valence-corrected chi connectivity index (χ2v) is 7.12. The molecule has 0 heterocycles. The minimum Gasteiger partial charge on any atom is -0.497 e. The van der Waals surface area contributed by atoms with Crippen LogP contribution in [0.15, 0.2) is 48.5 Å². The highest BCUT2D eigenvalue weighted by molar-refractivity contribution is 5.92. The van der Waals surface area contributed by atoms with Gasteiger partial charge >= 0.3 is 0 Å². The summed E-state index contributed by atoms with van der Waals surface area (Å²) in [5.74, 6) is 1.96. The molecule has 0 saturated heterocycles. The van der Waals surface area contributed by atoms with E-state index in [1.807, 2.05) is 18.2 Å². The van der Waals surface area contributed by atoms with Crippen LogP contribution >= 0.6 is 0 Å². The fourth-order valence-electron chi connectivity index (χ4n) is 3.30. The average Bonchev–Trinajstić information content (AvgIpc) is 3.52. The van der Waals surface area contributed by atoms with Gasteiger partial charge in [-0.15, -0.1) is 0 Å². The van der Waals surface area contributed by atoms with Crippen molar-refractivity contribution in [3.05, 3.63) is 54.1 Å². The molecule has 0 aromatic heterocycles. The molecule has 27 heavy (non-hydrogen) atoms. The highest BCUT2D eigenvalue weighted by Crippen LogP contribution is 2.35. The van der Waals surface area contributed by atoms with Crippen LogP contribution in [0.5, 0.6) is 11.5 Å². The van der Waals surface area contributed by atoms with Crippen LogP contribution in [-0.4, -0.2) is 37.6 Å². The van der Waals surface area contributed by atoms with Crippen LogP contribution in [0.3, 0.4) is 0 Å². The zero-order chi connectivity index (χ0) is 19.2. The van der Waals surface area contributed by atoms with Gasteiger partial charge in [-0.05, 0) is 31.2 Å². The van der Waals surface area contributed by atoms with Gasteiger partial charge in [0.15, 0.2) is 0 Å². The molecule has 5 nitrogen and oxygen atoms in total. The lowest BCUT2D eigenvalue weighted by molar-refractivity contribution is -0.118. The lowest BCUT2D eigenvalue weighted by Gasteiger charge is -2.28. The van der Waals surface area contributed by atoms with Crippen LogP contribution in [0, 0.1) is 5.92 Å². The number of hydrogen-bond acceptors (Lipinski definition) is 4. The van der Waals surface area contributed by atoms with E-state index >= 15 is 0 Å². The Morgan fingerprint density at radius 1 is 1.11 bits per heavy atom. The Kier molecular flexibility index (Phi) is 6.35. The first-order valence-electron chi connectivity index (χ1n) is 9.40. The molecule has 1 amide bonds. The molecule has 144 valence electrons. The molecule has 0 spiro atoms. The lowest BCUT2D eigenvalue weighted by Crippen LogP contribution is -2.40. The van der Waals surface area contributed by atoms with Crippen molar-refractivity contribution in [3.8, 4) is 11.5 Å². The van der Waals surface area contributed by atoms with Crippen LogP contribution in [-0.2, 0) is 11.3 Å². The number of anilines is 1. The Balaban J connectivity index is 1.68. The fourth-order valence-corrected chi connectivity index (χ4v) is 3.30. The second kappa shape index (κ2) is 8.91. The number of amides is 1. The average molecular weight is 368 g/mol. The molecule has 0 bridgehead atoms. The van der Waals surface area contributed by atoms with Crippen molar-refractivity contribution in [2.75, 3.05) is 26.1 Å². The summed E-state index contributed by atoms with van der Waals surface area (Å²) < 4.78 is 10.6. The van der Waals surface area contributed by atoms with E-state index in [-0.39, 0.29) is 5.91 Å². The van der Waals surface area contributed by atoms with Crippen molar-refractivity contribution in [3.63, 3.8) is 0 Å². The third-order valence-corrected chi connectivity index (χ3v) is 5.09. The third-order valence-electron chi connectivity index (χ3n) is 5.09. The van der Waals surface area contributed by atoms with E-state index in [0.717, 1.165) is 6.54 Å². The van der Waals surface area contributed by atoms with Crippen LogP contribution < -0.4 is 14.8 Å². The summed E-state index contributed by atoms with van der Waals surface area (Å²) in [7, 11) is 3.19. The molecular formula is C22H28N2O3. The molecule has 1 saturated carbocycles. The Labute approximate surface area is 161 Å². The topological polar surface area (TPSA) is 50.8 Å². The Hall–Kier alpha value is -2.53. The van der Waals surface area contributed by atoms with Gasteiger partial charge in [-0.3, -0.25) is 9.69 Å². The number of ether oxygens (including phenoxy) is 2. The maximum atomic E-state index is 12.7. The summed E-state index contributed by atoms with van der Waals surface area (Å²) in [5.41, 5.74) is 1.90. The minimum atomic E-state index is -0.0336. The molecule has 1 atom stereocenters. The summed E-state index contributed by atoms with van der Waals surface area (Å²) in [6, 6.07) is 16.1. The Morgan fingerprint density at radius 3 is 2.30 bits per heavy atom. The summed E-state index contributed by atoms with van der Waals surface area (Å²) >= 11 is 0. The van der Waals surface area contributed by atoms with E-state index in [1.165, 1.54) is 18.4 Å². The van der Waals surface area contributed by atoms with Crippen molar-refractivity contribution in [1.29, 1.82) is 0 Å². The number of carbonyl (C=O) groups excluding carboxylic acids is 1. The molecule has 1 aliphatic carbocycles. The van der Waals surface area contributed by atoms with Crippen molar-refractivity contribution in [2.24, 2.45) is 5.92 Å². The first-order chi connectivity index (χ1) is 13.1. The van der Waals surface area contributed by atoms with E-state index in [2.05, 4.69) is 29.3 Å². The normalized spacial score (nSPS) is 14.7. The maximum Gasteiger partial charge on any atom is 0.238 e. The van der Waals surface area contributed by atoms with E-state index in [9.17, 15) is 4.79 Å². The Morgan fingerprint density at radius 2 is 1.74 bits per heavy atom. The smallest absolute Gasteiger partial charge is 0.238 e. The van der Waals surface area contributed by atoms with E-state index in [0.29, 0.717) is 35.7 Å². The monoisotopic (exact) mass is 368 g/mol. The fraction of sp³-hybridized carbons (Fsp3) is 0.409. The number of benzene rings is 2. The number of rotatable bonds is 9. The molecule has 5 heteroatoms. The first-order valence-corrected chi connectivity index (χ1v) is 9.40. The molecule has 0 aliphatic heterocycles. The highest BCUT2D eigenvalue weighted by Gasteiger charge is 2.32. The van der Waals surface area contributed by atoms with Crippen LogP contribution in [0.2, 0.25) is 0 Å². The molecule has 2 aromatic carbocycles. The summed E-state index contributed by atoms with van der Waals surface area (Å²) in [4.78, 5) is 15.0. The number of methoxy groups -OCH3 is 2. The summed E-state index contributed by atoms with van der Waals surface area (Å²) in [6.07, 6.45) is 2.50. The largest absolute Gasteiger partial charge is 0.497 e. The van der Waals surface area contributed by atoms with Gasteiger partial charge in [-0.25, -0.2) is 0 Å². The van der Waals surface area contributed by atoms with Gasteiger partial charge in [0.2, 0.25) is 5.91 Å². The third kappa shape index (κ3) is 5.47. The minimum absolute atomic E-state index is 0.0336. The highest BCUT2D eigenvalue weighted by atomic mass is 16.5. The molecule has 1 N–H and O–H groups in total. The van der Waals surface area contributed by atoms with Crippen molar-refractivity contribution < 1.29 is 14.3 Å². The zero-order valence-electron chi connectivity index (χ0n) is 16.3. The molecule has 0 radical (unpaired) electrons. The molecule has 1 fully saturated rings. The van der Waals surface area contributed by atoms with Crippen LogP contribution in [0.4, 0.5) is 5.69 Å². The number of nitrogens with one attached hydrogen (secondary N) is 1. The van der Waals surface area contributed by atoms with Gasteiger partial charge in [0.25, 0.3) is 0 Å². The zero-order valence-corrected chi connectivity index (χ0v) is 16.3.